The summed E-state index contributed by atoms with van der Waals surface area (Å²) in [5.74, 6) is -0.679. The van der Waals surface area contributed by atoms with Crippen molar-refractivity contribution in [2.45, 2.75) is 63.9 Å². The van der Waals surface area contributed by atoms with Crippen molar-refractivity contribution in [1.29, 1.82) is 5.26 Å². The molecule has 2 atom stereocenters. The third-order valence-corrected chi connectivity index (χ3v) is 5.54. The van der Waals surface area contributed by atoms with Crippen molar-refractivity contribution in [1.82, 2.24) is 0 Å². The summed E-state index contributed by atoms with van der Waals surface area (Å²) in [6.07, 6.45) is 0.828. The molecular formula is C22H27NO6. The molecular weight excluding hydrogens is 374 g/mol. The molecule has 1 aliphatic carbocycles. The molecule has 2 aliphatic rings. The predicted octanol–water partition coefficient (Wildman–Crippen LogP) is 3.07. The van der Waals surface area contributed by atoms with Crippen LogP contribution in [0.1, 0.15) is 56.6 Å². The second-order valence-electron chi connectivity index (χ2n) is 7.33. The van der Waals surface area contributed by atoms with Crippen molar-refractivity contribution >= 4 is 11.9 Å². The van der Waals surface area contributed by atoms with Crippen LogP contribution in [0.25, 0.3) is 0 Å². The average Bonchev–Trinajstić information content (AvgIpc) is 3.20. The van der Waals surface area contributed by atoms with Crippen molar-refractivity contribution in [2.24, 2.45) is 5.92 Å². The Bertz CT molecular complexity index is 722. The largest absolute Gasteiger partial charge is 0.464 e. The van der Waals surface area contributed by atoms with E-state index in [2.05, 4.69) is 6.07 Å². The first kappa shape index (κ1) is 21.3. The fourth-order valence-corrected chi connectivity index (χ4v) is 4.05. The summed E-state index contributed by atoms with van der Waals surface area (Å²) in [5, 5.41) is 8.94. The highest BCUT2D eigenvalue weighted by Gasteiger charge is 2.49. The molecule has 0 spiro atoms. The van der Waals surface area contributed by atoms with Gasteiger partial charge in [-0.1, -0.05) is 12.1 Å². The van der Waals surface area contributed by atoms with Gasteiger partial charge in [0.05, 0.1) is 24.8 Å². The van der Waals surface area contributed by atoms with Crippen LogP contribution >= 0.6 is 0 Å². The topological polar surface area (TPSA) is 94.9 Å². The summed E-state index contributed by atoms with van der Waals surface area (Å²) < 4.78 is 21.7. The number of carbonyl (C=O) groups excluding carboxylic acids is 2. The van der Waals surface area contributed by atoms with Crippen LogP contribution in [0.2, 0.25) is 0 Å². The Morgan fingerprint density at radius 2 is 1.48 bits per heavy atom. The predicted molar refractivity (Wildman–Crippen MR) is 103 cm³/mol. The number of hydrogen-bond acceptors (Lipinski definition) is 7. The minimum atomic E-state index is -1.09. The smallest absolute Gasteiger partial charge is 0.338 e. The van der Waals surface area contributed by atoms with E-state index in [1.54, 1.807) is 13.8 Å². The van der Waals surface area contributed by atoms with Gasteiger partial charge in [-0.15, -0.1) is 0 Å². The maximum atomic E-state index is 12.2. The molecule has 1 aliphatic heterocycles. The van der Waals surface area contributed by atoms with Crippen molar-refractivity contribution in [2.75, 3.05) is 13.2 Å². The van der Waals surface area contributed by atoms with Crippen molar-refractivity contribution in [3.05, 3.63) is 35.4 Å². The Hall–Kier alpha value is -2.43. The first-order valence-corrected chi connectivity index (χ1v) is 10.2. The van der Waals surface area contributed by atoms with Gasteiger partial charge in [0.1, 0.15) is 0 Å². The van der Waals surface area contributed by atoms with Crippen LogP contribution in [0.5, 0.6) is 0 Å². The fourth-order valence-electron chi connectivity index (χ4n) is 4.05. The summed E-state index contributed by atoms with van der Waals surface area (Å²) in [5.41, 5.74) is 1.88. The third kappa shape index (κ3) is 4.95. The van der Waals surface area contributed by atoms with Gasteiger partial charge in [0, 0.05) is 5.92 Å². The second-order valence-corrected chi connectivity index (χ2v) is 7.33. The molecule has 0 amide bonds. The van der Waals surface area contributed by atoms with Gasteiger partial charge in [-0.2, -0.15) is 5.26 Å². The van der Waals surface area contributed by atoms with E-state index in [-0.39, 0.29) is 19.1 Å². The van der Waals surface area contributed by atoms with Crippen LogP contribution in [0.4, 0.5) is 0 Å². The van der Waals surface area contributed by atoms with Gasteiger partial charge in [0.15, 0.2) is 18.5 Å². The Morgan fingerprint density at radius 1 is 0.966 bits per heavy atom. The highest BCUT2D eigenvalue weighted by Crippen LogP contribution is 2.40. The summed E-state index contributed by atoms with van der Waals surface area (Å²) in [7, 11) is 0. The van der Waals surface area contributed by atoms with E-state index in [0.717, 1.165) is 25.7 Å². The van der Waals surface area contributed by atoms with Gasteiger partial charge in [0.2, 0.25) is 0 Å². The normalized spacial score (nSPS) is 27.2. The van der Waals surface area contributed by atoms with E-state index in [0.29, 0.717) is 11.5 Å². The summed E-state index contributed by atoms with van der Waals surface area (Å²) >= 11 is 0. The zero-order valence-electron chi connectivity index (χ0n) is 16.8. The van der Waals surface area contributed by atoms with Crippen LogP contribution in [-0.2, 0) is 28.5 Å². The number of ether oxygens (including phenoxy) is 4. The standard InChI is InChI=1S/C22H27NO6/c1-3-26-20(24)18-19(21(25)27-4-2)29-22(28-18)17-11-9-16(10-12-17)15-7-5-14(13-23)6-8-15/h5-8,16-19,22H,3-4,9-12H2,1-2H3/t16?,17?,18-,19-/m0/s1. The van der Waals surface area contributed by atoms with Gasteiger partial charge in [-0.05, 0) is 63.1 Å². The molecule has 0 radical (unpaired) electrons. The molecule has 0 N–H and O–H groups in total. The molecule has 1 aromatic carbocycles. The van der Waals surface area contributed by atoms with Crippen molar-refractivity contribution in [3.63, 3.8) is 0 Å². The Morgan fingerprint density at radius 3 is 1.93 bits per heavy atom. The molecule has 156 valence electrons. The summed E-state index contributed by atoms with van der Waals surface area (Å²) in [6, 6.07) is 9.86. The van der Waals surface area contributed by atoms with Gasteiger partial charge in [-0.25, -0.2) is 9.59 Å². The number of esters is 2. The van der Waals surface area contributed by atoms with E-state index in [1.807, 2.05) is 24.3 Å². The van der Waals surface area contributed by atoms with E-state index in [4.69, 9.17) is 24.2 Å². The minimum Gasteiger partial charge on any atom is -0.464 e. The zero-order valence-corrected chi connectivity index (χ0v) is 16.8. The Balaban J connectivity index is 1.61. The van der Waals surface area contributed by atoms with Crippen LogP contribution in [0, 0.1) is 17.2 Å². The molecule has 0 unspecified atom stereocenters. The number of rotatable bonds is 6. The molecule has 1 heterocycles. The van der Waals surface area contributed by atoms with Crippen molar-refractivity contribution < 1.29 is 28.5 Å². The van der Waals surface area contributed by atoms with E-state index < -0.39 is 30.4 Å². The van der Waals surface area contributed by atoms with Gasteiger partial charge < -0.3 is 18.9 Å². The van der Waals surface area contributed by atoms with E-state index in [9.17, 15) is 9.59 Å². The average molecular weight is 401 g/mol. The molecule has 2 fully saturated rings. The number of nitriles is 1. The Labute approximate surface area is 170 Å². The second kappa shape index (κ2) is 9.86. The molecule has 29 heavy (non-hydrogen) atoms. The molecule has 1 saturated heterocycles. The van der Waals surface area contributed by atoms with E-state index in [1.165, 1.54) is 5.56 Å². The monoisotopic (exact) mass is 401 g/mol. The van der Waals surface area contributed by atoms with Crippen LogP contribution in [-0.4, -0.2) is 43.7 Å². The molecule has 1 aromatic rings. The van der Waals surface area contributed by atoms with Crippen LogP contribution in [0.3, 0.4) is 0 Å². The minimum absolute atomic E-state index is 0.0981. The quantitative estimate of drug-likeness (QED) is 0.676. The number of carbonyl (C=O) groups is 2. The van der Waals surface area contributed by atoms with Gasteiger partial charge in [0.25, 0.3) is 0 Å². The molecule has 0 aromatic heterocycles. The van der Waals surface area contributed by atoms with Gasteiger partial charge >= 0.3 is 11.9 Å². The number of hydrogen-bond donors (Lipinski definition) is 0. The lowest BCUT2D eigenvalue weighted by Gasteiger charge is -2.31. The lowest BCUT2D eigenvalue weighted by atomic mass is 9.78. The molecule has 3 rings (SSSR count). The highest BCUT2D eigenvalue weighted by atomic mass is 16.8. The van der Waals surface area contributed by atoms with Crippen LogP contribution in [0.15, 0.2) is 24.3 Å². The van der Waals surface area contributed by atoms with Crippen LogP contribution < -0.4 is 0 Å². The first-order chi connectivity index (χ1) is 14.1. The summed E-state index contributed by atoms with van der Waals surface area (Å²) in [4.78, 5) is 24.4. The number of benzene rings is 1. The van der Waals surface area contributed by atoms with E-state index >= 15 is 0 Å². The lowest BCUT2D eigenvalue weighted by Crippen LogP contribution is -2.39. The fraction of sp³-hybridized carbons (Fsp3) is 0.591. The molecule has 7 nitrogen and oxygen atoms in total. The maximum Gasteiger partial charge on any atom is 0.338 e. The first-order valence-electron chi connectivity index (χ1n) is 10.2. The highest BCUT2D eigenvalue weighted by molar-refractivity contribution is 5.86. The molecule has 0 bridgehead atoms. The zero-order chi connectivity index (χ0) is 20.8. The molecule has 7 heteroatoms. The number of nitrogens with zero attached hydrogens (tertiary/aromatic N) is 1. The summed E-state index contributed by atoms with van der Waals surface area (Å²) in [6.45, 7) is 3.81. The maximum absolute atomic E-state index is 12.2. The SMILES string of the molecule is CCOC(=O)[C@H]1OC(C2CCC(c3ccc(C#N)cc3)CC2)O[C@@H]1C(=O)OCC. The van der Waals surface area contributed by atoms with Gasteiger partial charge in [-0.3, -0.25) is 0 Å². The lowest BCUT2D eigenvalue weighted by molar-refractivity contribution is -0.163. The molecule has 1 saturated carbocycles. The Kier molecular flexibility index (Phi) is 7.24. The van der Waals surface area contributed by atoms with Crippen molar-refractivity contribution in [3.8, 4) is 6.07 Å². The third-order valence-electron chi connectivity index (χ3n) is 5.54.